The Kier molecular flexibility index (Phi) is 1.66. The van der Waals surface area contributed by atoms with E-state index in [9.17, 15) is 0 Å². The van der Waals surface area contributed by atoms with Gasteiger partial charge in [0.25, 0.3) is 0 Å². The SMILES string of the molecule is CCNCC1C2CNCC12. The highest BCUT2D eigenvalue weighted by atomic mass is 15.0. The monoisotopic (exact) mass is 140 g/mol. The highest BCUT2D eigenvalue weighted by molar-refractivity contribution is 5.04. The van der Waals surface area contributed by atoms with Crippen LogP contribution in [0.15, 0.2) is 0 Å². The molecule has 1 saturated carbocycles. The first-order valence-electron chi connectivity index (χ1n) is 4.35. The molecule has 2 heteroatoms. The van der Waals surface area contributed by atoms with Crippen LogP contribution >= 0.6 is 0 Å². The normalized spacial score (nSPS) is 43.5. The Morgan fingerprint density at radius 2 is 2.10 bits per heavy atom. The van der Waals surface area contributed by atoms with Gasteiger partial charge in [-0.3, -0.25) is 0 Å². The average molecular weight is 140 g/mol. The van der Waals surface area contributed by atoms with Crippen molar-refractivity contribution in [2.45, 2.75) is 6.92 Å². The Morgan fingerprint density at radius 1 is 1.40 bits per heavy atom. The van der Waals surface area contributed by atoms with Crippen molar-refractivity contribution in [3.05, 3.63) is 0 Å². The van der Waals surface area contributed by atoms with Gasteiger partial charge in [0.15, 0.2) is 0 Å². The summed E-state index contributed by atoms with van der Waals surface area (Å²) in [6.45, 7) is 7.12. The molecule has 1 aliphatic carbocycles. The first-order chi connectivity index (χ1) is 4.93. The predicted octanol–water partition coefficient (Wildman–Crippen LogP) is 0.0613. The van der Waals surface area contributed by atoms with E-state index < -0.39 is 0 Å². The van der Waals surface area contributed by atoms with Crippen LogP contribution < -0.4 is 10.6 Å². The fourth-order valence-electron chi connectivity index (χ4n) is 2.16. The molecule has 0 radical (unpaired) electrons. The molecule has 58 valence electrons. The molecule has 1 aliphatic heterocycles. The first-order valence-corrected chi connectivity index (χ1v) is 4.35. The number of rotatable bonds is 3. The zero-order valence-electron chi connectivity index (χ0n) is 6.56. The summed E-state index contributed by atoms with van der Waals surface area (Å²) in [6.07, 6.45) is 0. The molecule has 0 aromatic carbocycles. The maximum atomic E-state index is 3.41. The molecule has 2 N–H and O–H groups in total. The maximum absolute atomic E-state index is 3.41. The summed E-state index contributed by atoms with van der Waals surface area (Å²) >= 11 is 0. The number of nitrogens with one attached hydrogen (secondary N) is 2. The third-order valence-corrected chi connectivity index (χ3v) is 2.90. The van der Waals surface area contributed by atoms with Crippen molar-refractivity contribution in [1.29, 1.82) is 0 Å². The van der Waals surface area contributed by atoms with Crippen LogP contribution in [0.25, 0.3) is 0 Å². The number of piperidine rings is 1. The van der Waals surface area contributed by atoms with E-state index in [1.54, 1.807) is 0 Å². The molecule has 0 bridgehead atoms. The molecule has 0 aromatic rings. The molecule has 2 unspecified atom stereocenters. The van der Waals surface area contributed by atoms with E-state index in [-0.39, 0.29) is 0 Å². The van der Waals surface area contributed by atoms with Crippen LogP contribution in [-0.2, 0) is 0 Å². The van der Waals surface area contributed by atoms with Crippen molar-refractivity contribution in [3.8, 4) is 0 Å². The Morgan fingerprint density at radius 3 is 2.70 bits per heavy atom. The van der Waals surface area contributed by atoms with Crippen molar-refractivity contribution in [1.82, 2.24) is 10.6 Å². The second-order valence-electron chi connectivity index (χ2n) is 3.46. The minimum Gasteiger partial charge on any atom is -0.317 e. The van der Waals surface area contributed by atoms with Crippen molar-refractivity contribution in [3.63, 3.8) is 0 Å². The van der Waals surface area contributed by atoms with E-state index in [0.29, 0.717) is 0 Å². The lowest BCUT2D eigenvalue weighted by atomic mass is 10.3. The lowest BCUT2D eigenvalue weighted by Crippen LogP contribution is -2.22. The van der Waals surface area contributed by atoms with Crippen LogP contribution in [0, 0.1) is 17.8 Å². The molecule has 2 atom stereocenters. The van der Waals surface area contributed by atoms with Crippen LogP contribution in [0.5, 0.6) is 0 Å². The largest absolute Gasteiger partial charge is 0.317 e. The number of fused-ring (bicyclic) bond motifs is 1. The van der Waals surface area contributed by atoms with E-state index >= 15 is 0 Å². The molecule has 1 heterocycles. The van der Waals surface area contributed by atoms with Crippen LogP contribution in [0.4, 0.5) is 0 Å². The van der Waals surface area contributed by atoms with Gasteiger partial charge in [-0.15, -0.1) is 0 Å². The van der Waals surface area contributed by atoms with Crippen molar-refractivity contribution >= 4 is 0 Å². The van der Waals surface area contributed by atoms with Gasteiger partial charge < -0.3 is 10.6 Å². The van der Waals surface area contributed by atoms with Crippen LogP contribution in [0.3, 0.4) is 0 Å². The Bertz CT molecular complexity index is 114. The molecule has 2 rings (SSSR count). The van der Waals surface area contributed by atoms with E-state index in [2.05, 4.69) is 17.6 Å². The summed E-state index contributed by atoms with van der Waals surface area (Å²) in [4.78, 5) is 0. The van der Waals surface area contributed by atoms with Gasteiger partial charge in [-0.05, 0) is 43.9 Å². The molecule has 0 amide bonds. The summed E-state index contributed by atoms with van der Waals surface area (Å²) in [5.74, 6) is 3.07. The Balaban J connectivity index is 1.69. The molecular weight excluding hydrogens is 124 g/mol. The second kappa shape index (κ2) is 2.51. The van der Waals surface area contributed by atoms with Gasteiger partial charge >= 0.3 is 0 Å². The number of hydrogen-bond acceptors (Lipinski definition) is 2. The highest BCUT2D eigenvalue weighted by Gasteiger charge is 2.51. The standard InChI is InChI=1S/C8H16N2/c1-2-9-3-6-7-4-10-5-8(6)7/h6-10H,2-5H2,1H3. The minimum absolute atomic E-state index is 1.01. The van der Waals surface area contributed by atoms with Gasteiger partial charge in [0.2, 0.25) is 0 Å². The number of hydrogen-bond donors (Lipinski definition) is 2. The van der Waals surface area contributed by atoms with Gasteiger partial charge in [-0.1, -0.05) is 6.92 Å². The summed E-state index contributed by atoms with van der Waals surface area (Å²) in [5.41, 5.74) is 0. The van der Waals surface area contributed by atoms with Crippen LogP contribution in [0.2, 0.25) is 0 Å². The van der Waals surface area contributed by atoms with Crippen molar-refractivity contribution in [2.24, 2.45) is 17.8 Å². The summed E-state index contributed by atoms with van der Waals surface area (Å²) in [6, 6.07) is 0. The van der Waals surface area contributed by atoms with E-state index in [1.807, 2.05) is 0 Å². The lowest BCUT2D eigenvalue weighted by molar-refractivity contribution is 0.549. The fourth-order valence-corrected chi connectivity index (χ4v) is 2.16. The van der Waals surface area contributed by atoms with Gasteiger partial charge in [-0.25, -0.2) is 0 Å². The van der Waals surface area contributed by atoms with Gasteiger partial charge in [0, 0.05) is 0 Å². The lowest BCUT2D eigenvalue weighted by Gasteiger charge is -2.03. The van der Waals surface area contributed by atoms with E-state index in [1.165, 1.54) is 19.6 Å². The molecule has 10 heavy (non-hydrogen) atoms. The molecule has 0 aromatic heterocycles. The summed E-state index contributed by atoms with van der Waals surface area (Å²) < 4.78 is 0. The quantitative estimate of drug-likeness (QED) is 0.579. The van der Waals surface area contributed by atoms with E-state index in [0.717, 1.165) is 24.3 Å². The topological polar surface area (TPSA) is 24.1 Å². The third kappa shape index (κ3) is 0.956. The van der Waals surface area contributed by atoms with Crippen molar-refractivity contribution < 1.29 is 0 Å². The summed E-state index contributed by atoms with van der Waals surface area (Å²) in [5, 5.41) is 6.81. The van der Waals surface area contributed by atoms with Crippen LogP contribution in [-0.4, -0.2) is 26.2 Å². The zero-order chi connectivity index (χ0) is 6.97. The van der Waals surface area contributed by atoms with Gasteiger partial charge in [0.1, 0.15) is 0 Å². The molecule has 2 nitrogen and oxygen atoms in total. The molecular formula is C8H16N2. The van der Waals surface area contributed by atoms with Crippen molar-refractivity contribution in [2.75, 3.05) is 26.2 Å². The summed E-state index contributed by atoms with van der Waals surface area (Å²) in [7, 11) is 0. The van der Waals surface area contributed by atoms with Crippen LogP contribution in [0.1, 0.15) is 6.92 Å². The van der Waals surface area contributed by atoms with Gasteiger partial charge in [0.05, 0.1) is 0 Å². The Hall–Kier alpha value is -0.0800. The molecule has 0 spiro atoms. The average Bonchev–Trinajstić information content (AvgIpc) is 2.46. The zero-order valence-corrected chi connectivity index (χ0v) is 6.56. The Labute approximate surface area is 62.4 Å². The minimum atomic E-state index is 1.01. The first kappa shape index (κ1) is 6.62. The maximum Gasteiger partial charge on any atom is -0.00139 e. The molecule has 2 aliphatic rings. The highest BCUT2D eigenvalue weighted by Crippen LogP contribution is 2.47. The molecule has 1 saturated heterocycles. The van der Waals surface area contributed by atoms with E-state index in [4.69, 9.17) is 0 Å². The fraction of sp³-hybridized carbons (Fsp3) is 1.00. The molecule has 2 fully saturated rings. The smallest absolute Gasteiger partial charge is 0.00139 e. The van der Waals surface area contributed by atoms with Gasteiger partial charge in [-0.2, -0.15) is 0 Å². The third-order valence-electron chi connectivity index (χ3n) is 2.90. The second-order valence-corrected chi connectivity index (χ2v) is 3.46. The predicted molar refractivity (Wildman–Crippen MR) is 41.9 cm³/mol.